The number of benzene rings is 1. The van der Waals surface area contributed by atoms with Crippen molar-refractivity contribution in [2.75, 3.05) is 13.2 Å². The van der Waals surface area contributed by atoms with Crippen LogP contribution in [0.5, 0.6) is 11.5 Å². The fourth-order valence-electron chi connectivity index (χ4n) is 2.46. The van der Waals surface area contributed by atoms with Crippen LogP contribution < -0.4 is 15.2 Å². The lowest BCUT2D eigenvalue weighted by molar-refractivity contribution is 0.263. The highest BCUT2D eigenvalue weighted by molar-refractivity contribution is 5.44. The molecule has 0 radical (unpaired) electrons. The molecule has 1 aromatic rings. The first-order valence-electron chi connectivity index (χ1n) is 6.50. The third-order valence-corrected chi connectivity index (χ3v) is 3.81. The second-order valence-corrected chi connectivity index (χ2v) is 4.97. The predicted octanol–water partition coefficient (Wildman–Crippen LogP) is 2.65. The SMILES string of the molecule is NC(c1ccc2c(c1)OCCCO2)C1CCC1. The number of hydrogen-bond donors (Lipinski definition) is 1. The van der Waals surface area contributed by atoms with Crippen molar-refractivity contribution in [3.05, 3.63) is 23.8 Å². The highest BCUT2D eigenvalue weighted by Gasteiger charge is 2.26. The van der Waals surface area contributed by atoms with E-state index in [1.807, 2.05) is 6.07 Å². The fraction of sp³-hybridized carbons (Fsp3) is 0.571. The van der Waals surface area contributed by atoms with Gasteiger partial charge in [-0.2, -0.15) is 0 Å². The Balaban J connectivity index is 1.83. The van der Waals surface area contributed by atoms with Crippen molar-refractivity contribution in [2.45, 2.75) is 31.7 Å². The molecule has 1 aliphatic heterocycles. The predicted molar refractivity (Wildman–Crippen MR) is 66.3 cm³/mol. The maximum Gasteiger partial charge on any atom is 0.161 e. The minimum absolute atomic E-state index is 0.154. The van der Waals surface area contributed by atoms with Gasteiger partial charge >= 0.3 is 0 Å². The van der Waals surface area contributed by atoms with Gasteiger partial charge in [0.2, 0.25) is 0 Å². The Labute approximate surface area is 102 Å². The van der Waals surface area contributed by atoms with Crippen LogP contribution in [-0.2, 0) is 0 Å². The van der Waals surface area contributed by atoms with Gasteiger partial charge in [0.1, 0.15) is 0 Å². The summed E-state index contributed by atoms with van der Waals surface area (Å²) in [6.45, 7) is 1.47. The first kappa shape index (κ1) is 10.9. The van der Waals surface area contributed by atoms with Gasteiger partial charge in [0.05, 0.1) is 13.2 Å². The van der Waals surface area contributed by atoms with Gasteiger partial charge in [0.15, 0.2) is 11.5 Å². The highest BCUT2D eigenvalue weighted by Crippen LogP contribution is 2.39. The number of ether oxygens (including phenoxy) is 2. The van der Waals surface area contributed by atoms with Crippen LogP contribution in [0.4, 0.5) is 0 Å². The molecule has 3 rings (SSSR count). The normalized spacial score (nSPS) is 21.5. The first-order valence-corrected chi connectivity index (χ1v) is 6.50. The summed E-state index contributed by atoms with van der Waals surface area (Å²) in [6.07, 6.45) is 4.78. The molecule has 1 aromatic carbocycles. The smallest absolute Gasteiger partial charge is 0.161 e. The molecule has 0 spiro atoms. The quantitative estimate of drug-likeness (QED) is 0.854. The Bertz CT molecular complexity index is 401. The van der Waals surface area contributed by atoms with Crippen LogP contribution in [0.15, 0.2) is 18.2 Å². The van der Waals surface area contributed by atoms with Gasteiger partial charge in [-0.05, 0) is 36.5 Å². The Hall–Kier alpha value is -1.22. The summed E-state index contributed by atoms with van der Waals surface area (Å²) in [6, 6.07) is 6.29. The van der Waals surface area contributed by atoms with Crippen molar-refractivity contribution in [1.82, 2.24) is 0 Å². The monoisotopic (exact) mass is 233 g/mol. The van der Waals surface area contributed by atoms with Crippen LogP contribution in [0, 0.1) is 5.92 Å². The zero-order valence-electron chi connectivity index (χ0n) is 10.0. The zero-order chi connectivity index (χ0) is 11.7. The Morgan fingerprint density at radius 1 is 1.06 bits per heavy atom. The molecule has 92 valence electrons. The van der Waals surface area contributed by atoms with Crippen LogP contribution >= 0.6 is 0 Å². The molecule has 17 heavy (non-hydrogen) atoms. The number of nitrogens with two attached hydrogens (primary N) is 1. The average molecular weight is 233 g/mol. The Morgan fingerprint density at radius 2 is 1.82 bits per heavy atom. The first-order chi connectivity index (χ1) is 8.34. The summed E-state index contributed by atoms with van der Waals surface area (Å²) in [5, 5.41) is 0. The van der Waals surface area contributed by atoms with Gasteiger partial charge in [0.25, 0.3) is 0 Å². The summed E-state index contributed by atoms with van der Waals surface area (Å²) in [5.41, 5.74) is 7.46. The van der Waals surface area contributed by atoms with E-state index in [0.717, 1.165) is 31.1 Å². The fourth-order valence-corrected chi connectivity index (χ4v) is 2.46. The van der Waals surface area contributed by atoms with Crippen molar-refractivity contribution in [3.63, 3.8) is 0 Å². The second-order valence-electron chi connectivity index (χ2n) is 4.97. The second kappa shape index (κ2) is 4.57. The van der Waals surface area contributed by atoms with Crippen molar-refractivity contribution in [3.8, 4) is 11.5 Å². The van der Waals surface area contributed by atoms with Crippen molar-refractivity contribution >= 4 is 0 Å². The summed E-state index contributed by atoms with van der Waals surface area (Å²) in [7, 11) is 0. The van der Waals surface area contributed by atoms with Gasteiger partial charge < -0.3 is 15.2 Å². The molecule has 1 unspecified atom stereocenters. The molecule has 1 saturated carbocycles. The van der Waals surface area contributed by atoms with E-state index in [4.69, 9.17) is 15.2 Å². The maximum absolute atomic E-state index is 6.28. The molecule has 0 bridgehead atoms. The van der Waals surface area contributed by atoms with Gasteiger partial charge in [-0.25, -0.2) is 0 Å². The van der Waals surface area contributed by atoms with E-state index in [9.17, 15) is 0 Å². The summed E-state index contributed by atoms with van der Waals surface area (Å²) in [4.78, 5) is 0. The summed E-state index contributed by atoms with van der Waals surface area (Å²) >= 11 is 0. The van der Waals surface area contributed by atoms with Crippen LogP contribution in [0.1, 0.15) is 37.3 Å². The minimum Gasteiger partial charge on any atom is -0.490 e. The minimum atomic E-state index is 0.154. The topological polar surface area (TPSA) is 44.5 Å². The van der Waals surface area contributed by atoms with E-state index in [-0.39, 0.29) is 6.04 Å². The van der Waals surface area contributed by atoms with E-state index >= 15 is 0 Å². The van der Waals surface area contributed by atoms with Gasteiger partial charge in [-0.1, -0.05) is 12.5 Å². The molecule has 3 heteroatoms. The van der Waals surface area contributed by atoms with Crippen molar-refractivity contribution in [1.29, 1.82) is 0 Å². The average Bonchev–Trinajstić information content (AvgIpc) is 2.50. The van der Waals surface area contributed by atoms with E-state index in [0.29, 0.717) is 5.92 Å². The maximum atomic E-state index is 6.28. The summed E-state index contributed by atoms with van der Waals surface area (Å²) < 4.78 is 11.3. The molecule has 2 N–H and O–H groups in total. The van der Waals surface area contributed by atoms with Crippen LogP contribution in [0.2, 0.25) is 0 Å². The van der Waals surface area contributed by atoms with Gasteiger partial charge in [0, 0.05) is 12.5 Å². The molecular formula is C14H19NO2. The Morgan fingerprint density at radius 3 is 2.53 bits per heavy atom. The van der Waals surface area contributed by atoms with Crippen LogP contribution in [0.25, 0.3) is 0 Å². The van der Waals surface area contributed by atoms with Gasteiger partial charge in [-0.15, -0.1) is 0 Å². The van der Waals surface area contributed by atoms with Gasteiger partial charge in [-0.3, -0.25) is 0 Å². The molecule has 1 heterocycles. The molecule has 0 aromatic heterocycles. The van der Waals surface area contributed by atoms with Crippen molar-refractivity contribution in [2.24, 2.45) is 11.7 Å². The van der Waals surface area contributed by atoms with E-state index < -0.39 is 0 Å². The third-order valence-electron chi connectivity index (χ3n) is 3.81. The molecule has 1 fully saturated rings. The van der Waals surface area contributed by atoms with Crippen molar-refractivity contribution < 1.29 is 9.47 Å². The number of fused-ring (bicyclic) bond motifs is 1. The number of rotatable bonds is 2. The molecule has 0 saturated heterocycles. The van der Waals surface area contributed by atoms with Crippen LogP contribution in [-0.4, -0.2) is 13.2 Å². The van der Waals surface area contributed by atoms with E-state index in [2.05, 4.69) is 12.1 Å². The molecule has 2 aliphatic rings. The lowest BCUT2D eigenvalue weighted by atomic mass is 9.77. The third kappa shape index (κ3) is 2.12. The largest absolute Gasteiger partial charge is 0.490 e. The highest BCUT2D eigenvalue weighted by atomic mass is 16.5. The Kier molecular flexibility index (Phi) is 2.93. The molecule has 0 amide bonds. The zero-order valence-corrected chi connectivity index (χ0v) is 10.0. The molecule has 3 nitrogen and oxygen atoms in total. The molecular weight excluding hydrogens is 214 g/mol. The lowest BCUT2D eigenvalue weighted by Crippen LogP contribution is -2.26. The lowest BCUT2D eigenvalue weighted by Gasteiger charge is -2.31. The molecule has 1 aliphatic carbocycles. The standard InChI is InChI=1S/C14H19NO2/c15-14(10-3-1-4-10)11-5-6-12-13(9-11)17-8-2-7-16-12/h5-6,9-10,14H,1-4,7-8,15H2. The van der Waals surface area contributed by atoms with Crippen LogP contribution in [0.3, 0.4) is 0 Å². The van der Waals surface area contributed by atoms with E-state index in [1.54, 1.807) is 0 Å². The van der Waals surface area contributed by atoms with E-state index in [1.165, 1.54) is 24.8 Å². The number of hydrogen-bond acceptors (Lipinski definition) is 3. The summed E-state index contributed by atoms with van der Waals surface area (Å²) in [5.74, 6) is 2.36. The molecule has 1 atom stereocenters.